The molecule has 10 aromatic rings. The van der Waals surface area contributed by atoms with Gasteiger partial charge >= 0.3 is 0 Å². The maximum Gasteiger partial charge on any atom is 0.0546 e. The van der Waals surface area contributed by atoms with Gasteiger partial charge in [0.2, 0.25) is 0 Å². The molecular weight excluding hydrogens is 723 g/mol. The van der Waals surface area contributed by atoms with Crippen molar-refractivity contribution in [2.45, 2.75) is 19.3 Å². The lowest BCUT2D eigenvalue weighted by molar-refractivity contribution is 0.660. The number of hydrogen-bond donors (Lipinski definition) is 0. The van der Waals surface area contributed by atoms with Crippen LogP contribution in [0.5, 0.6) is 0 Å². The fourth-order valence-corrected chi connectivity index (χ4v) is 9.75. The summed E-state index contributed by atoms with van der Waals surface area (Å²) in [5.41, 5.74) is 18.1. The topological polar surface area (TPSA) is 3.24 Å². The Hall–Kier alpha value is -7.48. The summed E-state index contributed by atoms with van der Waals surface area (Å²) in [6, 6.07) is 82.6. The van der Waals surface area contributed by atoms with Gasteiger partial charge in [0.15, 0.2) is 0 Å². The van der Waals surface area contributed by atoms with E-state index in [1.165, 1.54) is 88.3 Å². The molecule has 0 bridgehead atoms. The predicted molar refractivity (Wildman–Crippen MR) is 255 cm³/mol. The van der Waals surface area contributed by atoms with Crippen LogP contribution in [0.4, 0.5) is 17.1 Å². The molecule has 0 saturated carbocycles. The van der Waals surface area contributed by atoms with Crippen molar-refractivity contribution in [3.8, 4) is 55.6 Å². The number of fused-ring (bicyclic) bond motifs is 6. The summed E-state index contributed by atoms with van der Waals surface area (Å²) >= 11 is 0. The van der Waals surface area contributed by atoms with Crippen LogP contribution < -0.4 is 4.90 Å². The number of anilines is 3. The van der Waals surface area contributed by atoms with Crippen molar-refractivity contribution >= 4 is 38.6 Å². The molecule has 0 fully saturated rings. The van der Waals surface area contributed by atoms with Gasteiger partial charge in [0.1, 0.15) is 0 Å². The molecule has 10 aromatic carbocycles. The van der Waals surface area contributed by atoms with Crippen molar-refractivity contribution < 1.29 is 0 Å². The Bertz CT molecular complexity index is 3210. The van der Waals surface area contributed by atoms with E-state index in [1.54, 1.807) is 0 Å². The summed E-state index contributed by atoms with van der Waals surface area (Å²) in [7, 11) is 0. The van der Waals surface area contributed by atoms with Gasteiger partial charge in [-0.05, 0) is 108 Å². The molecule has 0 radical (unpaired) electrons. The van der Waals surface area contributed by atoms with Crippen LogP contribution in [0.15, 0.2) is 224 Å². The van der Waals surface area contributed by atoms with Gasteiger partial charge in [-0.3, -0.25) is 0 Å². The van der Waals surface area contributed by atoms with Crippen molar-refractivity contribution in [3.63, 3.8) is 0 Å². The summed E-state index contributed by atoms with van der Waals surface area (Å²) in [5.74, 6) is 0. The van der Waals surface area contributed by atoms with E-state index in [9.17, 15) is 0 Å². The molecule has 11 rings (SSSR count). The number of benzene rings is 10. The van der Waals surface area contributed by atoms with Crippen molar-refractivity contribution in [2.75, 3.05) is 4.90 Å². The second-order valence-electron chi connectivity index (χ2n) is 16.5. The van der Waals surface area contributed by atoms with Crippen LogP contribution in [0, 0.1) is 0 Å². The molecule has 1 aliphatic carbocycles. The van der Waals surface area contributed by atoms with Crippen LogP contribution in [0.25, 0.3) is 77.2 Å². The van der Waals surface area contributed by atoms with E-state index in [-0.39, 0.29) is 5.41 Å². The summed E-state index contributed by atoms with van der Waals surface area (Å²) in [6.45, 7) is 4.74. The second-order valence-corrected chi connectivity index (χ2v) is 16.5. The maximum absolute atomic E-state index is 2.53. The average molecular weight is 766 g/mol. The molecule has 0 spiro atoms. The van der Waals surface area contributed by atoms with E-state index in [2.05, 4.69) is 243 Å². The van der Waals surface area contributed by atoms with Crippen LogP contribution in [-0.4, -0.2) is 0 Å². The smallest absolute Gasteiger partial charge is 0.0546 e. The van der Waals surface area contributed by atoms with Crippen LogP contribution in [0.2, 0.25) is 0 Å². The Labute approximate surface area is 352 Å². The van der Waals surface area contributed by atoms with Crippen LogP contribution in [0.3, 0.4) is 0 Å². The van der Waals surface area contributed by atoms with Gasteiger partial charge in [0, 0.05) is 22.2 Å². The van der Waals surface area contributed by atoms with Crippen molar-refractivity contribution in [2.24, 2.45) is 0 Å². The Morgan fingerprint density at radius 2 is 0.850 bits per heavy atom. The van der Waals surface area contributed by atoms with Crippen LogP contribution >= 0.6 is 0 Å². The van der Waals surface area contributed by atoms with Crippen LogP contribution in [0.1, 0.15) is 25.0 Å². The standard InChI is InChI=1S/C59H43N/c1-59(2)54-29-15-13-27-51(54)52-37-36-45(39-55(52)59)60(56-30-16-14-24-47(56)42-20-7-4-8-21-42)57-31-17-28-48(43-34-32-41(33-35-43)40-18-5-3-6-19-40)58(57)53-38-44-22-9-10-23-46(44)49-25-11-12-26-50(49)53/h3-39H,1-2H3. The fraction of sp³-hybridized carbons (Fsp3) is 0.0508. The highest BCUT2D eigenvalue weighted by Crippen LogP contribution is 2.54. The first kappa shape index (κ1) is 35.7. The van der Waals surface area contributed by atoms with Gasteiger partial charge in [-0.15, -0.1) is 0 Å². The minimum atomic E-state index is -0.160. The Morgan fingerprint density at radius 3 is 1.63 bits per heavy atom. The SMILES string of the molecule is CC1(C)c2ccccc2-c2ccc(N(c3ccccc3-c3ccccc3)c3cccc(-c4ccc(-c5ccccc5)cc4)c3-c3cc4ccccc4c4ccccc34)cc21. The highest BCUT2D eigenvalue weighted by molar-refractivity contribution is 6.17. The normalized spacial score (nSPS) is 12.6. The summed E-state index contributed by atoms with van der Waals surface area (Å²) in [5, 5.41) is 4.96. The van der Waals surface area contributed by atoms with Gasteiger partial charge in [-0.25, -0.2) is 0 Å². The molecule has 0 aliphatic heterocycles. The summed E-state index contributed by atoms with van der Waals surface area (Å²) < 4.78 is 0. The van der Waals surface area contributed by atoms with Crippen molar-refractivity contribution in [1.29, 1.82) is 0 Å². The largest absolute Gasteiger partial charge is 0.309 e. The van der Waals surface area contributed by atoms with E-state index in [1.807, 2.05) is 0 Å². The molecule has 1 heteroatoms. The Balaban J connectivity index is 1.23. The monoisotopic (exact) mass is 765 g/mol. The highest BCUT2D eigenvalue weighted by atomic mass is 15.1. The molecular formula is C59H43N. The number of para-hydroxylation sites is 1. The average Bonchev–Trinajstić information content (AvgIpc) is 3.54. The van der Waals surface area contributed by atoms with Gasteiger partial charge < -0.3 is 4.90 Å². The van der Waals surface area contributed by atoms with Gasteiger partial charge in [-0.2, -0.15) is 0 Å². The minimum absolute atomic E-state index is 0.160. The second kappa shape index (κ2) is 14.4. The quantitative estimate of drug-likeness (QED) is 0.146. The summed E-state index contributed by atoms with van der Waals surface area (Å²) in [4.78, 5) is 2.53. The van der Waals surface area contributed by atoms with Crippen molar-refractivity contribution in [1.82, 2.24) is 0 Å². The highest BCUT2D eigenvalue weighted by Gasteiger charge is 2.36. The lowest BCUT2D eigenvalue weighted by Gasteiger charge is -2.32. The molecule has 0 heterocycles. The molecule has 0 aromatic heterocycles. The predicted octanol–water partition coefficient (Wildman–Crippen LogP) is 16.4. The molecule has 0 saturated heterocycles. The number of rotatable bonds is 7. The minimum Gasteiger partial charge on any atom is -0.309 e. The zero-order valence-electron chi connectivity index (χ0n) is 33.8. The van der Waals surface area contributed by atoms with Gasteiger partial charge in [0.05, 0.1) is 11.4 Å². The lowest BCUT2D eigenvalue weighted by atomic mass is 9.82. The molecule has 0 atom stereocenters. The molecule has 284 valence electrons. The van der Waals surface area contributed by atoms with E-state index in [0.29, 0.717) is 0 Å². The first-order valence-electron chi connectivity index (χ1n) is 20.9. The third-order valence-corrected chi connectivity index (χ3v) is 12.7. The zero-order chi connectivity index (χ0) is 40.2. The molecule has 0 unspecified atom stereocenters. The molecule has 1 aliphatic rings. The first-order chi connectivity index (χ1) is 29.5. The Kier molecular flexibility index (Phi) is 8.57. The first-order valence-corrected chi connectivity index (χ1v) is 20.9. The zero-order valence-corrected chi connectivity index (χ0v) is 33.8. The van der Waals surface area contributed by atoms with E-state index in [0.717, 1.165) is 17.1 Å². The van der Waals surface area contributed by atoms with Gasteiger partial charge in [-0.1, -0.05) is 208 Å². The lowest BCUT2D eigenvalue weighted by Crippen LogP contribution is -2.17. The van der Waals surface area contributed by atoms with Crippen molar-refractivity contribution in [3.05, 3.63) is 236 Å². The fourth-order valence-electron chi connectivity index (χ4n) is 9.75. The van der Waals surface area contributed by atoms with Gasteiger partial charge in [0.25, 0.3) is 0 Å². The maximum atomic E-state index is 2.53. The third kappa shape index (κ3) is 5.85. The molecule has 1 nitrogen and oxygen atoms in total. The van der Waals surface area contributed by atoms with E-state index in [4.69, 9.17) is 0 Å². The molecule has 0 amide bonds. The van der Waals surface area contributed by atoms with E-state index < -0.39 is 0 Å². The molecule has 60 heavy (non-hydrogen) atoms. The van der Waals surface area contributed by atoms with E-state index >= 15 is 0 Å². The Morgan fingerprint density at radius 1 is 0.317 bits per heavy atom. The third-order valence-electron chi connectivity index (χ3n) is 12.7. The number of hydrogen-bond acceptors (Lipinski definition) is 1. The molecule has 0 N–H and O–H groups in total. The van der Waals surface area contributed by atoms with Crippen LogP contribution in [-0.2, 0) is 5.41 Å². The number of nitrogens with zero attached hydrogens (tertiary/aromatic N) is 1. The summed E-state index contributed by atoms with van der Waals surface area (Å²) in [6.07, 6.45) is 0.